The van der Waals surface area contributed by atoms with Crippen molar-refractivity contribution in [2.75, 3.05) is 13.2 Å². The van der Waals surface area contributed by atoms with Gasteiger partial charge in [0.1, 0.15) is 12.4 Å². The van der Waals surface area contributed by atoms with E-state index in [1.54, 1.807) is 12.2 Å². The maximum absolute atomic E-state index is 12.4. The van der Waals surface area contributed by atoms with E-state index >= 15 is 0 Å². The van der Waals surface area contributed by atoms with Crippen molar-refractivity contribution >= 4 is 17.7 Å². The van der Waals surface area contributed by atoms with E-state index in [0.717, 1.165) is 38.5 Å². The van der Waals surface area contributed by atoms with E-state index in [2.05, 4.69) is 13.8 Å². The maximum Gasteiger partial charge on any atom is 0.306 e. The molecule has 0 spiro atoms. The fraction of sp³-hybridized carbons (Fsp3) is 0.800. The van der Waals surface area contributed by atoms with Gasteiger partial charge in [-0.1, -0.05) is 109 Å². The highest BCUT2D eigenvalue weighted by atomic mass is 16.6. The van der Waals surface area contributed by atoms with Crippen LogP contribution in [-0.2, 0) is 23.9 Å². The van der Waals surface area contributed by atoms with Crippen LogP contribution in [-0.4, -0.2) is 64.6 Å². The van der Waals surface area contributed by atoms with E-state index in [0.29, 0.717) is 32.1 Å². The van der Waals surface area contributed by atoms with E-state index in [4.69, 9.17) is 9.47 Å². The first kappa shape index (κ1) is 39.0. The largest absolute Gasteiger partial charge is 0.462 e. The van der Waals surface area contributed by atoms with Crippen LogP contribution >= 0.6 is 0 Å². The van der Waals surface area contributed by atoms with Gasteiger partial charge in [-0.3, -0.25) is 14.4 Å². The van der Waals surface area contributed by atoms with Crippen LogP contribution in [0.3, 0.4) is 0 Å². The Balaban J connectivity index is 2.22. The second-order valence-electron chi connectivity index (χ2n) is 12.0. The van der Waals surface area contributed by atoms with E-state index in [1.165, 1.54) is 38.5 Å². The van der Waals surface area contributed by atoms with Crippen LogP contribution in [0.4, 0.5) is 0 Å². The molecule has 0 aromatic heterocycles. The Morgan fingerprint density at radius 1 is 0.884 bits per heavy atom. The molecule has 0 heterocycles. The minimum absolute atomic E-state index is 0.000939. The number of unbranched alkanes of at least 4 members (excludes halogenated alkanes) is 11. The van der Waals surface area contributed by atoms with Gasteiger partial charge in [0.05, 0.1) is 18.8 Å². The van der Waals surface area contributed by atoms with Gasteiger partial charge in [-0.05, 0) is 32.1 Å². The van der Waals surface area contributed by atoms with Gasteiger partial charge >= 0.3 is 11.9 Å². The lowest BCUT2D eigenvalue weighted by Crippen LogP contribution is -2.28. The SMILES string of the molecule is CCCCCCCCCCCC(=O)O[C@@H](CO)COC(=O)CCC/C=C\C[C@H]1[C@@H](O)CC(=O)[C@@H]1/C=C/[C@@H](O)CCCCC. The number of hydrogen-bond acceptors (Lipinski definition) is 8. The summed E-state index contributed by atoms with van der Waals surface area (Å²) in [6, 6.07) is 0. The van der Waals surface area contributed by atoms with E-state index < -0.39 is 36.8 Å². The Labute approximate surface area is 260 Å². The normalized spacial score (nSPS) is 20.2. The Kier molecular flexibility index (Phi) is 23.0. The Hall–Kier alpha value is -2.03. The number of aliphatic hydroxyl groups excluding tert-OH is 3. The third-order valence-corrected chi connectivity index (χ3v) is 8.12. The summed E-state index contributed by atoms with van der Waals surface area (Å²) in [7, 11) is 0. The zero-order valence-electron chi connectivity index (χ0n) is 26.9. The molecule has 1 saturated carbocycles. The molecule has 0 bridgehead atoms. The summed E-state index contributed by atoms with van der Waals surface area (Å²) < 4.78 is 10.5. The molecule has 0 aliphatic heterocycles. The van der Waals surface area contributed by atoms with Crippen molar-refractivity contribution < 1.29 is 39.2 Å². The molecule has 1 aliphatic carbocycles. The van der Waals surface area contributed by atoms with E-state index in [-0.39, 0.29) is 37.1 Å². The highest BCUT2D eigenvalue weighted by molar-refractivity contribution is 5.86. The van der Waals surface area contributed by atoms with Crippen molar-refractivity contribution in [2.24, 2.45) is 11.8 Å². The Morgan fingerprint density at radius 3 is 2.19 bits per heavy atom. The number of Topliss-reactive ketones (excluding diaryl/α,β-unsaturated/α-hetero) is 1. The average molecular weight is 609 g/mol. The summed E-state index contributed by atoms with van der Waals surface area (Å²) in [5.74, 6) is -1.40. The smallest absolute Gasteiger partial charge is 0.306 e. The minimum Gasteiger partial charge on any atom is -0.462 e. The molecule has 0 aromatic carbocycles. The van der Waals surface area contributed by atoms with Crippen LogP contribution in [0.1, 0.15) is 136 Å². The summed E-state index contributed by atoms with van der Waals surface area (Å²) in [6.07, 6.45) is 21.8. The topological polar surface area (TPSA) is 130 Å². The molecule has 8 nitrogen and oxygen atoms in total. The summed E-state index contributed by atoms with van der Waals surface area (Å²) in [5.41, 5.74) is 0. The molecule has 1 rings (SSSR count). The van der Waals surface area contributed by atoms with Gasteiger partial charge in [-0.2, -0.15) is 0 Å². The number of ketones is 1. The number of allylic oxidation sites excluding steroid dienone is 3. The van der Waals surface area contributed by atoms with Crippen molar-refractivity contribution in [2.45, 2.75) is 154 Å². The average Bonchev–Trinajstić information content (AvgIpc) is 3.26. The number of hydrogen-bond donors (Lipinski definition) is 3. The van der Waals surface area contributed by atoms with Crippen LogP contribution in [0.5, 0.6) is 0 Å². The number of ether oxygens (including phenoxy) is 2. The lowest BCUT2D eigenvalue weighted by Gasteiger charge is -2.17. The Morgan fingerprint density at radius 2 is 1.51 bits per heavy atom. The van der Waals surface area contributed by atoms with Crippen LogP contribution in [0.15, 0.2) is 24.3 Å². The van der Waals surface area contributed by atoms with Gasteiger partial charge in [0, 0.05) is 31.1 Å². The van der Waals surface area contributed by atoms with Gasteiger partial charge in [-0.25, -0.2) is 0 Å². The molecule has 1 fully saturated rings. The first-order chi connectivity index (χ1) is 20.8. The molecule has 43 heavy (non-hydrogen) atoms. The van der Waals surface area contributed by atoms with Gasteiger partial charge in [-0.15, -0.1) is 0 Å². The molecule has 5 atom stereocenters. The molecule has 0 aromatic rings. The van der Waals surface area contributed by atoms with E-state index in [9.17, 15) is 29.7 Å². The van der Waals surface area contributed by atoms with Crippen molar-refractivity contribution in [1.82, 2.24) is 0 Å². The van der Waals surface area contributed by atoms with Crippen molar-refractivity contribution in [1.29, 1.82) is 0 Å². The van der Waals surface area contributed by atoms with Gasteiger partial charge < -0.3 is 24.8 Å². The highest BCUT2D eigenvalue weighted by Crippen LogP contribution is 2.33. The number of esters is 2. The summed E-state index contributed by atoms with van der Waals surface area (Å²) in [4.78, 5) is 36.6. The molecule has 0 amide bonds. The summed E-state index contributed by atoms with van der Waals surface area (Å²) >= 11 is 0. The monoisotopic (exact) mass is 608 g/mol. The van der Waals surface area contributed by atoms with Crippen molar-refractivity contribution in [3.05, 3.63) is 24.3 Å². The molecular formula is C35H60O8. The molecule has 8 heteroatoms. The van der Waals surface area contributed by atoms with Crippen molar-refractivity contribution in [3.8, 4) is 0 Å². The van der Waals surface area contributed by atoms with Crippen LogP contribution in [0.25, 0.3) is 0 Å². The molecule has 3 N–H and O–H groups in total. The second-order valence-corrected chi connectivity index (χ2v) is 12.0. The summed E-state index contributed by atoms with van der Waals surface area (Å²) in [5, 5.41) is 30.0. The fourth-order valence-electron chi connectivity index (χ4n) is 5.42. The lowest BCUT2D eigenvalue weighted by molar-refractivity contribution is -0.161. The van der Waals surface area contributed by atoms with Crippen LogP contribution in [0.2, 0.25) is 0 Å². The maximum atomic E-state index is 12.4. The molecule has 248 valence electrons. The predicted octanol–water partition coefficient (Wildman–Crippen LogP) is 6.53. The van der Waals surface area contributed by atoms with Crippen molar-refractivity contribution in [3.63, 3.8) is 0 Å². The number of aliphatic hydroxyl groups is 3. The quantitative estimate of drug-likeness (QED) is 0.0574. The lowest BCUT2D eigenvalue weighted by atomic mass is 9.90. The third-order valence-electron chi connectivity index (χ3n) is 8.12. The molecule has 0 saturated heterocycles. The standard InChI is InChI=1S/C35H60O8/c1-3-5-7-8-9-10-11-12-18-22-35(41)43-29(26-36)27-42-34(40)21-17-14-13-16-20-30-31(33(39)25-32(30)38)24-23-28(37)19-15-6-4-2/h13,16,23-24,28-32,36-38H,3-12,14-15,17-22,25-27H2,1-2H3/b16-13-,24-23+/t28-,29-,30+,31+,32-/m0/s1. The first-order valence-electron chi connectivity index (χ1n) is 17.0. The molecule has 0 unspecified atom stereocenters. The molecular weight excluding hydrogens is 548 g/mol. The van der Waals surface area contributed by atoms with Crippen LogP contribution < -0.4 is 0 Å². The Bertz CT molecular complexity index is 808. The van der Waals surface area contributed by atoms with Crippen LogP contribution in [0, 0.1) is 11.8 Å². The molecule has 1 aliphatic rings. The van der Waals surface area contributed by atoms with Gasteiger partial charge in [0.25, 0.3) is 0 Å². The number of rotatable bonds is 26. The number of carbonyl (C=O) groups excluding carboxylic acids is 3. The van der Waals surface area contributed by atoms with E-state index in [1.807, 2.05) is 12.2 Å². The highest BCUT2D eigenvalue weighted by Gasteiger charge is 2.39. The first-order valence-corrected chi connectivity index (χ1v) is 17.0. The summed E-state index contributed by atoms with van der Waals surface area (Å²) in [6.45, 7) is 3.76. The minimum atomic E-state index is -0.852. The fourth-order valence-corrected chi connectivity index (χ4v) is 5.42. The zero-order chi connectivity index (χ0) is 31.7. The third kappa shape index (κ3) is 19.1. The number of carbonyl (C=O) groups is 3. The van der Waals surface area contributed by atoms with Gasteiger partial charge in [0.2, 0.25) is 0 Å². The predicted molar refractivity (Wildman–Crippen MR) is 169 cm³/mol. The van der Waals surface area contributed by atoms with Gasteiger partial charge in [0.15, 0.2) is 6.10 Å². The molecule has 0 radical (unpaired) electrons. The second kappa shape index (κ2) is 25.3. The zero-order valence-corrected chi connectivity index (χ0v) is 26.9.